The molecule has 0 radical (unpaired) electrons. The molecule has 22 heavy (non-hydrogen) atoms. The van der Waals surface area contributed by atoms with E-state index in [4.69, 9.17) is 10.1 Å². The maximum atomic E-state index is 8.94. The van der Waals surface area contributed by atoms with Crippen LogP contribution >= 0.6 is 0 Å². The number of hydrogen-bond donors (Lipinski definition) is 1. The van der Waals surface area contributed by atoms with Crippen LogP contribution in [0.25, 0.3) is 0 Å². The molecule has 1 aromatic rings. The van der Waals surface area contributed by atoms with Gasteiger partial charge >= 0.3 is 0 Å². The molecule has 0 bridgehead atoms. The third-order valence-corrected chi connectivity index (χ3v) is 4.65. The quantitative estimate of drug-likeness (QED) is 0.840. The second-order valence-electron chi connectivity index (χ2n) is 6.77. The molecule has 1 fully saturated rings. The molecule has 2 heterocycles. The van der Waals surface area contributed by atoms with E-state index < -0.39 is 0 Å². The van der Waals surface area contributed by atoms with Gasteiger partial charge in [-0.05, 0) is 44.4 Å². The summed E-state index contributed by atoms with van der Waals surface area (Å²) < 4.78 is 0. The number of nitrogens with zero attached hydrogens (tertiary/aromatic N) is 3. The SMILES string of the molecule is CC(C)c1cccc(CN2CCC(N(C)CCCO)CC2)n1. The molecule has 124 valence electrons. The molecular weight excluding hydrogens is 274 g/mol. The first-order valence-corrected chi connectivity index (χ1v) is 8.59. The molecule has 0 aromatic carbocycles. The van der Waals surface area contributed by atoms with E-state index in [1.165, 1.54) is 24.2 Å². The lowest BCUT2D eigenvalue weighted by atomic mass is 10.0. The third kappa shape index (κ3) is 5.04. The van der Waals surface area contributed by atoms with Crippen LogP contribution in [0, 0.1) is 0 Å². The molecule has 4 heteroatoms. The normalized spacial score (nSPS) is 17.5. The number of piperidine rings is 1. The van der Waals surface area contributed by atoms with E-state index in [0.29, 0.717) is 18.6 Å². The summed E-state index contributed by atoms with van der Waals surface area (Å²) in [4.78, 5) is 9.71. The molecule has 0 saturated carbocycles. The van der Waals surface area contributed by atoms with E-state index in [1.807, 2.05) is 0 Å². The Labute approximate surface area is 135 Å². The molecular formula is C18H31N3O. The highest BCUT2D eigenvalue weighted by atomic mass is 16.3. The van der Waals surface area contributed by atoms with Gasteiger partial charge in [-0.3, -0.25) is 9.88 Å². The molecule has 0 spiro atoms. The largest absolute Gasteiger partial charge is 0.396 e. The van der Waals surface area contributed by atoms with Crippen LogP contribution in [-0.4, -0.2) is 59.2 Å². The Kier molecular flexibility index (Phi) is 6.80. The lowest BCUT2D eigenvalue weighted by Gasteiger charge is -2.36. The van der Waals surface area contributed by atoms with Crippen molar-refractivity contribution < 1.29 is 5.11 Å². The van der Waals surface area contributed by atoms with Gasteiger partial charge in [0.1, 0.15) is 0 Å². The molecule has 1 aromatic heterocycles. The Balaban J connectivity index is 1.81. The van der Waals surface area contributed by atoms with Gasteiger partial charge in [0.25, 0.3) is 0 Å². The third-order valence-electron chi connectivity index (χ3n) is 4.65. The summed E-state index contributed by atoms with van der Waals surface area (Å²) in [6, 6.07) is 7.06. The van der Waals surface area contributed by atoms with Crippen molar-refractivity contribution in [2.75, 3.05) is 33.3 Å². The van der Waals surface area contributed by atoms with Gasteiger partial charge in [-0.2, -0.15) is 0 Å². The fourth-order valence-corrected chi connectivity index (χ4v) is 3.16. The maximum absolute atomic E-state index is 8.94. The molecule has 0 amide bonds. The Morgan fingerprint density at radius 1 is 1.32 bits per heavy atom. The van der Waals surface area contributed by atoms with Gasteiger partial charge in [-0.15, -0.1) is 0 Å². The van der Waals surface area contributed by atoms with Crippen molar-refractivity contribution in [1.82, 2.24) is 14.8 Å². The van der Waals surface area contributed by atoms with Crippen LogP contribution in [0.3, 0.4) is 0 Å². The Hall–Kier alpha value is -0.970. The monoisotopic (exact) mass is 305 g/mol. The zero-order chi connectivity index (χ0) is 15.9. The van der Waals surface area contributed by atoms with Gasteiger partial charge in [0, 0.05) is 44.5 Å². The van der Waals surface area contributed by atoms with Crippen LogP contribution in [0.15, 0.2) is 18.2 Å². The molecule has 0 atom stereocenters. The van der Waals surface area contributed by atoms with Crippen LogP contribution in [-0.2, 0) is 6.54 Å². The molecule has 0 unspecified atom stereocenters. The molecule has 1 aliphatic heterocycles. The van der Waals surface area contributed by atoms with Crippen molar-refractivity contribution in [2.24, 2.45) is 0 Å². The average Bonchev–Trinajstić information content (AvgIpc) is 2.53. The molecule has 1 aliphatic rings. The van der Waals surface area contributed by atoms with Crippen LogP contribution in [0.5, 0.6) is 0 Å². The second-order valence-corrected chi connectivity index (χ2v) is 6.77. The van der Waals surface area contributed by atoms with Gasteiger partial charge in [-0.1, -0.05) is 19.9 Å². The highest BCUT2D eigenvalue weighted by Gasteiger charge is 2.22. The van der Waals surface area contributed by atoms with Crippen LogP contribution < -0.4 is 0 Å². The van der Waals surface area contributed by atoms with Crippen molar-refractivity contribution in [3.05, 3.63) is 29.6 Å². The number of aliphatic hydroxyl groups excluding tert-OH is 1. The smallest absolute Gasteiger partial charge is 0.0547 e. The van der Waals surface area contributed by atoms with Crippen molar-refractivity contribution in [1.29, 1.82) is 0 Å². The Bertz CT molecular complexity index is 442. The number of likely N-dealkylation sites (tertiary alicyclic amines) is 1. The number of aliphatic hydroxyl groups is 1. The van der Waals surface area contributed by atoms with E-state index in [-0.39, 0.29) is 0 Å². The van der Waals surface area contributed by atoms with E-state index in [2.05, 4.69) is 48.9 Å². The van der Waals surface area contributed by atoms with Crippen LogP contribution in [0.1, 0.15) is 50.4 Å². The summed E-state index contributed by atoms with van der Waals surface area (Å²) in [6.07, 6.45) is 3.31. The lowest BCUT2D eigenvalue weighted by Crippen LogP contribution is -2.43. The standard InChI is InChI=1S/C18H31N3O/c1-15(2)18-7-4-6-16(19-18)14-21-11-8-17(9-12-21)20(3)10-5-13-22/h4,6-7,15,17,22H,5,8-14H2,1-3H3. The van der Waals surface area contributed by atoms with Gasteiger partial charge in [0.15, 0.2) is 0 Å². The molecule has 1 N–H and O–H groups in total. The fraction of sp³-hybridized carbons (Fsp3) is 0.722. The van der Waals surface area contributed by atoms with Gasteiger partial charge in [-0.25, -0.2) is 0 Å². The summed E-state index contributed by atoms with van der Waals surface area (Å²) in [6.45, 7) is 8.93. The predicted octanol–water partition coefficient (Wildman–Crippen LogP) is 2.48. The first-order chi connectivity index (χ1) is 10.6. The number of aromatic nitrogens is 1. The highest BCUT2D eigenvalue weighted by molar-refractivity contribution is 5.13. The maximum Gasteiger partial charge on any atom is 0.0547 e. The molecule has 2 rings (SSSR count). The van der Waals surface area contributed by atoms with Crippen molar-refractivity contribution >= 4 is 0 Å². The first-order valence-electron chi connectivity index (χ1n) is 8.59. The van der Waals surface area contributed by atoms with Crippen LogP contribution in [0.2, 0.25) is 0 Å². The minimum absolute atomic E-state index is 0.293. The molecule has 1 saturated heterocycles. The molecule has 0 aliphatic carbocycles. The zero-order valence-corrected chi connectivity index (χ0v) is 14.3. The predicted molar refractivity (Wildman–Crippen MR) is 91.0 cm³/mol. The second kappa shape index (κ2) is 8.61. The zero-order valence-electron chi connectivity index (χ0n) is 14.3. The summed E-state index contributed by atoms with van der Waals surface area (Å²) in [7, 11) is 2.18. The van der Waals surface area contributed by atoms with E-state index in [1.54, 1.807) is 0 Å². The Morgan fingerprint density at radius 3 is 2.68 bits per heavy atom. The summed E-state index contributed by atoms with van der Waals surface area (Å²) in [5, 5.41) is 8.94. The minimum atomic E-state index is 0.293. The van der Waals surface area contributed by atoms with Gasteiger partial charge < -0.3 is 10.0 Å². The Morgan fingerprint density at radius 2 is 2.05 bits per heavy atom. The van der Waals surface area contributed by atoms with Crippen LogP contribution in [0.4, 0.5) is 0 Å². The van der Waals surface area contributed by atoms with E-state index >= 15 is 0 Å². The summed E-state index contributed by atoms with van der Waals surface area (Å²) in [5.41, 5.74) is 2.38. The number of hydrogen-bond acceptors (Lipinski definition) is 4. The van der Waals surface area contributed by atoms with E-state index in [0.717, 1.165) is 32.6 Å². The summed E-state index contributed by atoms with van der Waals surface area (Å²) in [5.74, 6) is 0.492. The van der Waals surface area contributed by atoms with Crippen molar-refractivity contribution in [3.8, 4) is 0 Å². The fourth-order valence-electron chi connectivity index (χ4n) is 3.16. The average molecular weight is 305 g/mol. The molecule has 4 nitrogen and oxygen atoms in total. The van der Waals surface area contributed by atoms with Crippen molar-refractivity contribution in [3.63, 3.8) is 0 Å². The summed E-state index contributed by atoms with van der Waals surface area (Å²) >= 11 is 0. The minimum Gasteiger partial charge on any atom is -0.396 e. The lowest BCUT2D eigenvalue weighted by molar-refractivity contribution is 0.116. The number of pyridine rings is 1. The van der Waals surface area contributed by atoms with Gasteiger partial charge in [0.05, 0.1) is 5.69 Å². The van der Waals surface area contributed by atoms with Gasteiger partial charge in [0.2, 0.25) is 0 Å². The van der Waals surface area contributed by atoms with Crippen molar-refractivity contribution in [2.45, 2.75) is 51.6 Å². The van der Waals surface area contributed by atoms with E-state index in [9.17, 15) is 0 Å². The topological polar surface area (TPSA) is 39.6 Å². The number of rotatable bonds is 7. The highest BCUT2D eigenvalue weighted by Crippen LogP contribution is 2.18. The first kappa shape index (κ1) is 17.4.